The first kappa shape index (κ1) is 28.2. The Bertz CT molecular complexity index is 550. The Morgan fingerprint density at radius 3 is 1.73 bits per heavy atom. The molecular formula is C23H42O7. The van der Waals surface area contributed by atoms with E-state index >= 15 is 0 Å². The van der Waals surface area contributed by atoms with Gasteiger partial charge in [-0.15, -0.1) is 0 Å². The number of ether oxygens (including phenoxy) is 4. The molecule has 0 aliphatic heterocycles. The van der Waals surface area contributed by atoms with E-state index in [9.17, 15) is 14.4 Å². The minimum Gasteiger partial charge on any atom is -0.461 e. The summed E-state index contributed by atoms with van der Waals surface area (Å²) in [4.78, 5) is 36.9. The molecule has 0 saturated heterocycles. The Balaban J connectivity index is 5.19. The first-order valence-corrected chi connectivity index (χ1v) is 10.8. The summed E-state index contributed by atoms with van der Waals surface area (Å²) in [5, 5.41) is 0. The first-order valence-electron chi connectivity index (χ1n) is 10.8. The van der Waals surface area contributed by atoms with Gasteiger partial charge < -0.3 is 18.9 Å². The van der Waals surface area contributed by atoms with Gasteiger partial charge in [-0.05, 0) is 44.4 Å². The second-order valence-electron chi connectivity index (χ2n) is 10.3. The van der Waals surface area contributed by atoms with Crippen molar-refractivity contribution in [2.24, 2.45) is 28.6 Å². The third kappa shape index (κ3) is 10.8. The fraction of sp³-hybridized carbons (Fsp3) is 0.870. The van der Waals surface area contributed by atoms with Crippen LogP contribution in [0.3, 0.4) is 0 Å². The average Bonchev–Trinajstić information content (AvgIpc) is 2.54. The Morgan fingerprint density at radius 1 is 0.800 bits per heavy atom. The van der Waals surface area contributed by atoms with Gasteiger partial charge in [0, 0.05) is 0 Å². The van der Waals surface area contributed by atoms with E-state index in [0.29, 0.717) is 6.42 Å². The molecule has 0 aliphatic carbocycles. The van der Waals surface area contributed by atoms with E-state index in [2.05, 4.69) is 20.8 Å². The monoisotopic (exact) mass is 430 g/mol. The zero-order valence-corrected chi connectivity index (χ0v) is 20.5. The summed E-state index contributed by atoms with van der Waals surface area (Å²) >= 11 is 0. The Morgan fingerprint density at radius 2 is 1.30 bits per heavy atom. The van der Waals surface area contributed by atoms with Crippen molar-refractivity contribution in [2.45, 2.75) is 81.8 Å². The van der Waals surface area contributed by atoms with Gasteiger partial charge >= 0.3 is 18.1 Å². The summed E-state index contributed by atoms with van der Waals surface area (Å²) in [6, 6.07) is 0. The summed E-state index contributed by atoms with van der Waals surface area (Å²) in [5.41, 5.74) is -0.754. The van der Waals surface area contributed by atoms with Gasteiger partial charge in [-0.1, -0.05) is 48.5 Å². The number of esters is 2. The van der Waals surface area contributed by atoms with Crippen molar-refractivity contribution < 1.29 is 33.3 Å². The van der Waals surface area contributed by atoms with Gasteiger partial charge in [0.1, 0.15) is 13.2 Å². The SMILES string of the molecule is CCOC(=O)OCC(COC(=O)C(C)(C)CC(C)(C)C)OC(=O)C(C(C)C)C(C)C. The average molecular weight is 431 g/mol. The van der Waals surface area contributed by atoms with Crippen molar-refractivity contribution in [1.29, 1.82) is 0 Å². The first-order chi connectivity index (χ1) is 13.6. The van der Waals surface area contributed by atoms with Crippen LogP contribution in [-0.2, 0) is 28.5 Å². The highest BCUT2D eigenvalue weighted by Gasteiger charge is 2.35. The summed E-state index contributed by atoms with van der Waals surface area (Å²) in [6.07, 6.45) is -1.13. The second kappa shape index (κ2) is 12.2. The Kier molecular flexibility index (Phi) is 11.4. The van der Waals surface area contributed by atoms with Crippen LogP contribution < -0.4 is 0 Å². The predicted molar refractivity (Wildman–Crippen MR) is 115 cm³/mol. The lowest BCUT2D eigenvalue weighted by atomic mass is 9.76. The summed E-state index contributed by atoms with van der Waals surface area (Å²) in [6.45, 7) is 19.0. The highest BCUT2D eigenvalue weighted by Crippen LogP contribution is 2.34. The standard InChI is InChI=1S/C23H42O7/c1-11-27-21(26)29-13-17(30-19(24)18(15(2)3)16(4)5)12-28-20(25)23(9,10)14-22(6,7)8/h15-18H,11-14H2,1-10H3. The van der Waals surface area contributed by atoms with E-state index in [1.54, 1.807) is 6.92 Å². The van der Waals surface area contributed by atoms with E-state index in [-0.39, 0.29) is 49.0 Å². The molecule has 7 heteroatoms. The molecule has 0 rings (SSSR count). The van der Waals surface area contributed by atoms with E-state index in [4.69, 9.17) is 18.9 Å². The molecule has 0 bridgehead atoms. The fourth-order valence-electron chi connectivity index (χ4n) is 3.76. The maximum atomic E-state index is 12.7. The normalized spacial score (nSPS) is 13.4. The molecule has 7 nitrogen and oxygen atoms in total. The smallest absolute Gasteiger partial charge is 0.461 e. The molecule has 0 spiro atoms. The second-order valence-corrected chi connectivity index (χ2v) is 10.3. The number of hydrogen-bond donors (Lipinski definition) is 0. The van der Waals surface area contributed by atoms with Crippen LogP contribution in [0.4, 0.5) is 4.79 Å². The Labute approximate surface area is 182 Å². The van der Waals surface area contributed by atoms with Crippen LogP contribution in [-0.4, -0.2) is 44.0 Å². The zero-order valence-electron chi connectivity index (χ0n) is 20.5. The van der Waals surface area contributed by atoms with Crippen molar-refractivity contribution in [1.82, 2.24) is 0 Å². The topological polar surface area (TPSA) is 88.1 Å². The minimum absolute atomic E-state index is 0.0524. The summed E-state index contributed by atoms with van der Waals surface area (Å²) in [7, 11) is 0. The number of carbonyl (C=O) groups excluding carboxylic acids is 3. The van der Waals surface area contributed by atoms with Crippen LogP contribution in [0.1, 0.15) is 75.7 Å². The molecule has 0 aliphatic rings. The molecule has 0 fully saturated rings. The molecule has 0 N–H and O–H groups in total. The third-order valence-corrected chi connectivity index (χ3v) is 4.57. The molecule has 0 aromatic carbocycles. The highest BCUT2D eigenvalue weighted by atomic mass is 16.7. The van der Waals surface area contributed by atoms with Crippen LogP contribution in [0, 0.1) is 28.6 Å². The quantitative estimate of drug-likeness (QED) is 0.336. The van der Waals surface area contributed by atoms with Crippen LogP contribution >= 0.6 is 0 Å². The molecular weight excluding hydrogens is 388 g/mol. The molecule has 30 heavy (non-hydrogen) atoms. The van der Waals surface area contributed by atoms with Crippen molar-refractivity contribution >= 4 is 18.1 Å². The van der Waals surface area contributed by atoms with Crippen molar-refractivity contribution in [3.8, 4) is 0 Å². The maximum Gasteiger partial charge on any atom is 0.508 e. The van der Waals surface area contributed by atoms with Crippen LogP contribution in [0.5, 0.6) is 0 Å². The molecule has 1 unspecified atom stereocenters. The van der Waals surface area contributed by atoms with Gasteiger partial charge in [0.15, 0.2) is 6.10 Å². The maximum absolute atomic E-state index is 12.7. The highest BCUT2D eigenvalue weighted by molar-refractivity contribution is 5.76. The molecule has 0 saturated carbocycles. The molecule has 176 valence electrons. The van der Waals surface area contributed by atoms with Crippen LogP contribution in [0.15, 0.2) is 0 Å². The third-order valence-electron chi connectivity index (χ3n) is 4.57. The van der Waals surface area contributed by atoms with Crippen LogP contribution in [0.25, 0.3) is 0 Å². The lowest BCUT2D eigenvalue weighted by molar-refractivity contribution is -0.172. The van der Waals surface area contributed by atoms with Gasteiger partial charge in [-0.2, -0.15) is 0 Å². The van der Waals surface area contributed by atoms with E-state index in [0.717, 1.165) is 0 Å². The van der Waals surface area contributed by atoms with Crippen LogP contribution in [0.2, 0.25) is 0 Å². The summed E-state index contributed by atoms with van der Waals surface area (Å²) < 4.78 is 20.8. The number of hydrogen-bond acceptors (Lipinski definition) is 7. The van der Waals surface area contributed by atoms with Crippen molar-refractivity contribution in [3.63, 3.8) is 0 Å². The summed E-state index contributed by atoms with van der Waals surface area (Å²) in [5.74, 6) is -0.945. The van der Waals surface area contributed by atoms with E-state index in [1.165, 1.54) is 0 Å². The van der Waals surface area contributed by atoms with Gasteiger partial charge in [0.2, 0.25) is 0 Å². The molecule has 1 atom stereocenters. The number of carbonyl (C=O) groups is 3. The minimum atomic E-state index is -0.906. The lowest BCUT2D eigenvalue weighted by Crippen LogP contribution is -2.38. The van der Waals surface area contributed by atoms with Gasteiger partial charge in [0.05, 0.1) is 17.9 Å². The lowest BCUT2D eigenvalue weighted by Gasteiger charge is -2.31. The Hall–Kier alpha value is -1.79. The van der Waals surface area contributed by atoms with Crippen molar-refractivity contribution in [3.05, 3.63) is 0 Å². The van der Waals surface area contributed by atoms with Gasteiger partial charge in [0.25, 0.3) is 0 Å². The van der Waals surface area contributed by atoms with Gasteiger partial charge in [-0.3, -0.25) is 9.59 Å². The molecule has 0 aromatic heterocycles. The zero-order chi connectivity index (χ0) is 23.7. The predicted octanol–water partition coefficient (Wildman–Crippen LogP) is 5.01. The molecule has 0 amide bonds. The molecule has 0 aromatic rings. The molecule has 0 radical (unpaired) electrons. The van der Waals surface area contributed by atoms with E-state index in [1.807, 2.05) is 41.5 Å². The largest absolute Gasteiger partial charge is 0.508 e. The van der Waals surface area contributed by atoms with E-state index < -0.39 is 23.6 Å². The van der Waals surface area contributed by atoms with Crippen molar-refractivity contribution in [2.75, 3.05) is 19.8 Å². The number of rotatable bonds is 11. The fourth-order valence-corrected chi connectivity index (χ4v) is 3.76. The van der Waals surface area contributed by atoms with Gasteiger partial charge in [-0.25, -0.2) is 4.79 Å². The molecule has 0 heterocycles.